The Labute approximate surface area is 147 Å². The van der Waals surface area contributed by atoms with E-state index in [2.05, 4.69) is 15.2 Å². The molecule has 2 aliphatic rings. The summed E-state index contributed by atoms with van der Waals surface area (Å²) in [6, 6.07) is 7.66. The molecule has 2 aromatic heterocycles. The SMILES string of the molecule is Cc1ccc(CN2CC[C@H]3C[C@H](C(=O)Nc4cccnc4)O[C@H]3C2)o1. The smallest absolute Gasteiger partial charge is 0.253 e. The van der Waals surface area contributed by atoms with Crippen LogP contribution in [0.4, 0.5) is 5.69 Å². The highest BCUT2D eigenvalue weighted by molar-refractivity contribution is 5.94. The number of aryl methyl sites for hydroxylation is 1. The number of likely N-dealkylation sites (tertiary alicyclic amines) is 1. The van der Waals surface area contributed by atoms with Crippen molar-refractivity contribution in [2.75, 3.05) is 18.4 Å². The molecule has 0 aliphatic carbocycles. The average Bonchev–Trinajstić information content (AvgIpc) is 3.21. The first-order valence-electron chi connectivity index (χ1n) is 8.81. The van der Waals surface area contributed by atoms with Gasteiger partial charge in [0.05, 0.1) is 24.5 Å². The highest BCUT2D eigenvalue weighted by Crippen LogP contribution is 2.34. The van der Waals surface area contributed by atoms with Gasteiger partial charge in [0, 0.05) is 12.7 Å². The molecule has 3 atom stereocenters. The van der Waals surface area contributed by atoms with Crippen LogP contribution in [0.25, 0.3) is 0 Å². The van der Waals surface area contributed by atoms with Crippen LogP contribution in [-0.4, -0.2) is 41.1 Å². The number of nitrogens with zero attached hydrogens (tertiary/aromatic N) is 2. The zero-order valence-corrected chi connectivity index (χ0v) is 14.4. The summed E-state index contributed by atoms with van der Waals surface area (Å²) in [7, 11) is 0. The van der Waals surface area contributed by atoms with Crippen LogP contribution >= 0.6 is 0 Å². The summed E-state index contributed by atoms with van der Waals surface area (Å²) in [6.07, 6.45) is 4.93. The van der Waals surface area contributed by atoms with Gasteiger partial charge in [0.15, 0.2) is 0 Å². The Morgan fingerprint density at radius 2 is 2.32 bits per heavy atom. The summed E-state index contributed by atoms with van der Waals surface area (Å²) >= 11 is 0. The monoisotopic (exact) mass is 341 g/mol. The maximum atomic E-state index is 12.4. The number of hydrogen-bond acceptors (Lipinski definition) is 5. The first-order chi connectivity index (χ1) is 12.2. The third kappa shape index (κ3) is 3.75. The Hall–Kier alpha value is -2.18. The number of amides is 1. The minimum absolute atomic E-state index is 0.0735. The van der Waals surface area contributed by atoms with E-state index in [4.69, 9.17) is 9.15 Å². The average molecular weight is 341 g/mol. The van der Waals surface area contributed by atoms with Crippen LogP contribution in [0.15, 0.2) is 41.1 Å². The number of furan rings is 1. The van der Waals surface area contributed by atoms with Crippen molar-refractivity contribution >= 4 is 11.6 Å². The number of rotatable bonds is 4. The lowest BCUT2D eigenvalue weighted by atomic mass is 9.91. The number of pyridine rings is 1. The summed E-state index contributed by atoms with van der Waals surface area (Å²) in [5.41, 5.74) is 0.709. The van der Waals surface area contributed by atoms with Crippen molar-refractivity contribution in [1.29, 1.82) is 0 Å². The van der Waals surface area contributed by atoms with Crippen molar-refractivity contribution in [3.8, 4) is 0 Å². The van der Waals surface area contributed by atoms with Gasteiger partial charge < -0.3 is 14.5 Å². The molecule has 2 aliphatic heterocycles. The van der Waals surface area contributed by atoms with E-state index in [1.165, 1.54) is 0 Å². The summed E-state index contributed by atoms with van der Waals surface area (Å²) < 4.78 is 11.7. The highest BCUT2D eigenvalue weighted by Gasteiger charge is 2.41. The number of hydrogen-bond donors (Lipinski definition) is 1. The van der Waals surface area contributed by atoms with E-state index in [1.807, 2.05) is 25.1 Å². The van der Waals surface area contributed by atoms with E-state index in [0.717, 1.165) is 44.0 Å². The fraction of sp³-hybridized carbons (Fsp3) is 0.474. The molecule has 2 saturated heterocycles. The van der Waals surface area contributed by atoms with Gasteiger partial charge in [0.2, 0.25) is 0 Å². The molecule has 2 fully saturated rings. The lowest BCUT2D eigenvalue weighted by molar-refractivity contribution is -0.127. The van der Waals surface area contributed by atoms with Gasteiger partial charge in [0.25, 0.3) is 5.91 Å². The van der Waals surface area contributed by atoms with Crippen molar-refractivity contribution in [3.63, 3.8) is 0 Å². The molecule has 4 heterocycles. The second-order valence-corrected chi connectivity index (χ2v) is 6.93. The van der Waals surface area contributed by atoms with Crippen molar-refractivity contribution in [2.24, 2.45) is 5.92 Å². The molecule has 1 amide bonds. The van der Waals surface area contributed by atoms with Gasteiger partial charge in [0.1, 0.15) is 17.6 Å². The van der Waals surface area contributed by atoms with E-state index in [1.54, 1.807) is 18.5 Å². The maximum absolute atomic E-state index is 12.4. The molecule has 2 aromatic rings. The number of piperidine rings is 1. The van der Waals surface area contributed by atoms with Crippen molar-refractivity contribution in [3.05, 3.63) is 48.2 Å². The highest BCUT2D eigenvalue weighted by atomic mass is 16.5. The third-order valence-corrected chi connectivity index (χ3v) is 5.03. The Morgan fingerprint density at radius 3 is 3.08 bits per heavy atom. The van der Waals surface area contributed by atoms with Crippen LogP contribution in [0.2, 0.25) is 0 Å². The largest absolute Gasteiger partial charge is 0.465 e. The standard InChI is InChI=1S/C19H23N3O3/c1-13-4-5-16(24-13)11-22-8-6-14-9-17(25-18(14)12-22)19(23)21-15-3-2-7-20-10-15/h2-5,7,10,14,17-18H,6,8-9,11-12H2,1H3,(H,21,23)/t14-,17+,18-/m0/s1. The second-order valence-electron chi connectivity index (χ2n) is 6.93. The summed E-state index contributed by atoms with van der Waals surface area (Å²) in [5.74, 6) is 2.31. The van der Waals surface area contributed by atoms with Gasteiger partial charge in [-0.2, -0.15) is 0 Å². The van der Waals surface area contributed by atoms with Gasteiger partial charge >= 0.3 is 0 Å². The lowest BCUT2D eigenvalue weighted by Crippen LogP contribution is -2.41. The van der Waals surface area contributed by atoms with Crippen LogP contribution < -0.4 is 5.32 Å². The molecule has 0 unspecified atom stereocenters. The molecule has 0 spiro atoms. The van der Waals surface area contributed by atoms with Gasteiger partial charge in [-0.25, -0.2) is 0 Å². The molecule has 6 heteroatoms. The van der Waals surface area contributed by atoms with Crippen molar-refractivity contribution in [2.45, 2.75) is 38.5 Å². The van der Waals surface area contributed by atoms with Gasteiger partial charge in [-0.05, 0) is 56.5 Å². The predicted octanol–water partition coefficient (Wildman–Crippen LogP) is 2.60. The zero-order valence-electron chi connectivity index (χ0n) is 14.4. The Kier molecular flexibility index (Phi) is 4.55. The van der Waals surface area contributed by atoms with E-state index in [9.17, 15) is 4.79 Å². The number of ether oxygens (including phenoxy) is 1. The summed E-state index contributed by atoms with van der Waals surface area (Å²) in [4.78, 5) is 18.8. The van der Waals surface area contributed by atoms with Crippen LogP contribution in [0.5, 0.6) is 0 Å². The normalized spacial score (nSPS) is 26.4. The molecule has 132 valence electrons. The van der Waals surface area contributed by atoms with E-state index >= 15 is 0 Å². The molecular weight excluding hydrogens is 318 g/mol. The first-order valence-corrected chi connectivity index (χ1v) is 8.81. The van der Waals surface area contributed by atoms with E-state index < -0.39 is 0 Å². The topological polar surface area (TPSA) is 67.6 Å². The number of carbonyl (C=O) groups is 1. The summed E-state index contributed by atoms with van der Waals surface area (Å²) in [5, 5.41) is 2.89. The van der Waals surface area contributed by atoms with Crippen molar-refractivity contribution < 1.29 is 13.9 Å². The zero-order chi connectivity index (χ0) is 17.2. The Morgan fingerprint density at radius 1 is 1.40 bits per heavy atom. The van der Waals surface area contributed by atoms with Crippen molar-refractivity contribution in [1.82, 2.24) is 9.88 Å². The molecule has 0 saturated carbocycles. The molecule has 0 radical (unpaired) electrons. The quantitative estimate of drug-likeness (QED) is 0.926. The van der Waals surface area contributed by atoms with E-state index in [0.29, 0.717) is 11.6 Å². The number of nitrogens with one attached hydrogen (secondary N) is 1. The van der Waals surface area contributed by atoms with Crippen LogP contribution in [-0.2, 0) is 16.1 Å². The van der Waals surface area contributed by atoms with Gasteiger partial charge in [-0.1, -0.05) is 0 Å². The fourth-order valence-electron chi connectivity index (χ4n) is 3.76. The van der Waals surface area contributed by atoms with Gasteiger partial charge in [-0.15, -0.1) is 0 Å². The van der Waals surface area contributed by atoms with E-state index in [-0.39, 0.29) is 18.1 Å². The Bertz CT molecular complexity index is 731. The lowest BCUT2D eigenvalue weighted by Gasteiger charge is -2.33. The summed E-state index contributed by atoms with van der Waals surface area (Å²) in [6.45, 7) is 4.62. The molecule has 1 N–H and O–H groups in total. The third-order valence-electron chi connectivity index (χ3n) is 5.03. The maximum Gasteiger partial charge on any atom is 0.253 e. The van der Waals surface area contributed by atoms with Crippen LogP contribution in [0, 0.1) is 12.8 Å². The first kappa shape index (κ1) is 16.3. The number of carbonyl (C=O) groups excluding carboxylic acids is 1. The molecule has 4 rings (SSSR count). The number of anilines is 1. The minimum atomic E-state index is -0.374. The second kappa shape index (κ2) is 6.98. The molecular formula is C19H23N3O3. The molecule has 6 nitrogen and oxygen atoms in total. The molecule has 25 heavy (non-hydrogen) atoms. The number of aromatic nitrogens is 1. The fourth-order valence-corrected chi connectivity index (χ4v) is 3.76. The minimum Gasteiger partial charge on any atom is -0.465 e. The van der Waals surface area contributed by atoms with Crippen LogP contribution in [0.1, 0.15) is 24.4 Å². The molecule has 0 aromatic carbocycles. The van der Waals surface area contributed by atoms with Gasteiger partial charge in [-0.3, -0.25) is 14.7 Å². The van der Waals surface area contributed by atoms with Crippen LogP contribution in [0.3, 0.4) is 0 Å². The predicted molar refractivity (Wildman–Crippen MR) is 93.0 cm³/mol. The molecule has 0 bridgehead atoms. The number of fused-ring (bicyclic) bond motifs is 1. The Balaban J connectivity index is 1.33.